The standard InChI is InChI=1S/C19H17F4IN6/c1-18(20,24)12-9-30(10-12)17-28-15-13(5-3-7-26-15)16(29-17)27-8-11-4-2-6-25-14(11)19(21,22)23/h2-7,12H,8-10H2,1H3,(H,26,27,28,29). The molecule has 1 unspecified atom stereocenters. The molecule has 4 heterocycles. The van der Waals surface area contributed by atoms with Crippen molar-refractivity contribution in [1.82, 2.24) is 19.9 Å². The average molecular weight is 532 g/mol. The van der Waals surface area contributed by atoms with Crippen LogP contribution in [-0.2, 0) is 12.7 Å². The lowest BCUT2D eigenvalue weighted by Gasteiger charge is -2.43. The molecule has 1 aliphatic heterocycles. The maximum Gasteiger partial charge on any atom is 0.433 e. The van der Waals surface area contributed by atoms with Crippen molar-refractivity contribution in [2.75, 3.05) is 23.3 Å². The van der Waals surface area contributed by atoms with Crippen LogP contribution in [0, 0.1) is 5.92 Å². The van der Waals surface area contributed by atoms with Gasteiger partial charge in [-0.1, -0.05) is 6.07 Å². The van der Waals surface area contributed by atoms with Crippen molar-refractivity contribution in [1.29, 1.82) is 0 Å². The van der Waals surface area contributed by atoms with Crippen LogP contribution in [0.15, 0.2) is 36.7 Å². The van der Waals surface area contributed by atoms with E-state index in [4.69, 9.17) is 0 Å². The maximum absolute atomic E-state index is 14.1. The summed E-state index contributed by atoms with van der Waals surface area (Å²) in [6, 6.07) is 6.26. The molecular formula is C19H17F4IN6. The van der Waals surface area contributed by atoms with Crippen molar-refractivity contribution < 1.29 is 17.6 Å². The van der Waals surface area contributed by atoms with Crippen LogP contribution in [0.1, 0.15) is 18.2 Å². The summed E-state index contributed by atoms with van der Waals surface area (Å²) in [7, 11) is 0. The molecule has 1 N–H and O–H groups in total. The van der Waals surface area contributed by atoms with E-state index in [-0.39, 0.29) is 18.0 Å². The average Bonchev–Trinajstić information content (AvgIpc) is 2.63. The summed E-state index contributed by atoms with van der Waals surface area (Å²) >= 11 is 1.78. The molecule has 158 valence electrons. The van der Waals surface area contributed by atoms with Crippen molar-refractivity contribution in [3.05, 3.63) is 47.9 Å². The largest absolute Gasteiger partial charge is 0.433 e. The lowest BCUT2D eigenvalue weighted by Crippen LogP contribution is -2.53. The predicted molar refractivity (Wildman–Crippen MR) is 113 cm³/mol. The first-order valence-electron chi connectivity index (χ1n) is 9.13. The highest BCUT2D eigenvalue weighted by molar-refractivity contribution is 14.1. The van der Waals surface area contributed by atoms with Gasteiger partial charge in [-0.05, 0) is 47.7 Å². The third-order valence-corrected chi connectivity index (χ3v) is 5.83. The molecule has 1 fully saturated rings. The zero-order valence-corrected chi connectivity index (χ0v) is 17.9. The van der Waals surface area contributed by atoms with Gasteiger partial charge in [-0.3, -0.25) is 4.98 Å². The molecule has 3 aromatic rings. The van der Waals surface area contributed by atoms with Crippen LogP contribution in [0.5, 0.6) is 0 Å². The minimum Gasteiger partial charge on any atom is -0.365 e. The van der Waals surface area contributed by atoms with Gasteiger partial charge in [0.15, 0.2) is 9.32 Å². The normalized spacial score (nSPS) is 16.9. The first-order chi connectivity index (χ1) is 14.1. The Bertz CT molecular complexity index is 1060. The molecule has 0 radical (unpaired) electrons. The second-order valence-corrected chi connectivity index (χ2v) is 9.28. The Balaban J connectivity index is 1.62. The molecule has 3 aromatic heterocycles. The molecule has 0 spiro atoms. The van der Waals surface area contributed by atoms with Gasteiger partial charge in [-0.15, -0.1) is 0 Å². The third kappa shape index (κ3) is 4.25. The van der Waals surface area contributed by atoms with Crippen molar-refractivity contribution >= 4 is 45.4 Å². The molecule has 1 aliphatic rings. The molecular weight excluding hydrogens is 515 g/mol. The van der Waals surface area contributed by atoms with E-state index in [2.05, 4.69) is 25.3 Å². The summed E-state index contributed by atoms with van der Waals surface area (Å²) in [5, 5.41) is 3.55. The molecule has 1 atom stereocenters. The Hall–Kier alpha value is -2.31. The monoisotopic (exact) mass is 532 g/mol. The number of pyridine rings is 2. The zero-order valence-electron chi connectivity index (χ0n) is 15.8. The number of hydrogen-bond donors (Lipinski definition) is 1. The van der Waals surface area contributed by atoms with Crippen molar-refractivity contribution in [3.8, 4) is 0 Å². The molecule has 0 amide bonds. The number of rotatable bonds is 5. The number of fused-ring (bicyclic) bond motifs is 1. The molecule has 0 aromatic carbocycles. The topological polar surface area (TPSA) is 66.8 Å². The number of anilines is 2. The summed E-state index contributed by atoms with van der Waals surface area (Å²) in [4.78, 5) is 18.4. The van der Waals surface area contributed by atoms with E-state index < -0.39 is 15.5 Å². The lowest BCUT2D eigenvalue weighted by molar-refractivity contribution is -0.141. The minimum atomic E-state index is -4.55. The molecule has 0 aliphatic carbocycles. The number of aromatic nitrogens is 4. The molecule has 0 saturated carbocycles. The van der Waals surface area contributed by atoms with Crippen LogP contribution in [0.25, 0.3) is 11.0 Å². The highest BCUT2D eigenvalue weighted by Crippen LogP contribution is 2.38. The maximum atomic E-state index is 14.1. The Kier molecular flexibility index (Phi) is 5.41. The van der Waals surface area contributed by atoms with E-state index in [0.717, 1.165) is 6.20 Å². The van der Waals surface area contributed by atoms with E-state index in [0.29, 0.717) is 35.9 Å². The van der Waals surface area contributed by atoms with Gasteiger partial charge in [-0.2, -0.15) is 23.1 Å². The third-order valence-electron chi connectivity index (χ3n) is 4.95. The highest BCUT2D eigenvalue weighted by atomic mass is 127. The first kappa shape index (κ1) is 20.9. The molecule has 1 saturated heterocycles. The fourth-order valence-corrected chi connectivity index (χ4v) is 3.60. The second kappa shape index (κ2) is 7.75. The highest BCUT2D eigenvalue weighted by Gasteiger charge is 2.42. The molecule has 0 bridgehead atoms. The number of nitrogens with zero attached hydrogens (tertiary/aromatic N) is 5. The molecule has 4 rings (SSSR count). The van der Waals surface area contributed by atoms with E-state index in [1.165, 1.54) is 19.1 Å². The van der Waals surface area contributed by atoms with Gasteiger partial charge < -0.3 is 10.2 Å². The Labute approximate surface area is 183 Å². The summed E-state index contributed by atoms with van der Waals surface area (Å²) < 4.78 is 52.4. The first-order valence-corrected chi connectivity index (χ1v) is 10.2. The van der Waals surface area contributed by atoms with Crippen molar-refractivity contribution in [2.45, 2.75) is 23.3 Å². The van der Waals surface area contributed by atoms with E-state index in [1.807, 2.05) is 4.90 Å². The van der Waals surface area contributed by atoms with Gasteiger partial charge in [-0.25, -0.2) is 9.37 Å². The summed E-state index contributed by atoms with van der Waals surface area (Å²) in [6.07, 6.45) is -1.86. The van der Waals surface area contributed by atoms with Gasteiger partial charge in [0, 0.05) is 43.5 Å². The Morgan fingerprint density at radius 3 is 2.50 bits per heavy atom. The van der Waals surface area contributed by atoms with Crippen molar-refractivity contribution in [3.63, 3.8) is 0 Å². The smallest absolute Gasteiger partial charge is 0.365 e. The zero-order chi connectivity index (χ0) is 21.5. The number of nitrogens with one attached hydrogen (secondary N) is 1. The van der Waals surface area contributed by atoms with Crippen LogP contribution in [0.3, 0.4) is 0 Å². The van der Waals surface area contributed by atoms with Crippen molar-refractivity contribution in [2.24, 2.45) is 5.92 Å². The lowest BCUT2D eigenvalue weighted by atomic mass is 9.96. The summed E-state index contributed by atoms with van der Waals surface area (Å²) in [6.45, 7) is 2.31. The quantitative estimate of drug-likeness (QED) is 0.294. The van der Waals surface area contributed by atoms with Gasteiger partial charge in [0.25, 0.3) is 0 Å². The van der Waals surface area contributed by atoms with E-state index in [1.54, 1.807) is 40.9 Å². The minimum absolute atomic E-state index is 0.00400. The van der Waals surface area contributed by atoms with Crippen LogP contribution < -0.4 is 10.2 Å². The number of hydrogen-bond acceptors (Lipinski definition) is 6. The summed E-state index contributed by atoms with van der Waals surface area (Å²) in [5.41, 5.74) is -0.526. The van der Waals surface area contributed by atoms with Crippen LogP contribution in [0.4, 0.5) is 29.3 Å². The van der Waals surface area contributed by atoms with E-state index in [9.17, 15) is 17.6 Å². The van der Waals surface area contributed by atoms with E-state index >= 15 is 0 Å². The van der Waals surface area contributed by atoms with Gasteiger partial charge in [0.05, 0.1) is 5.39 Å². The fourth-order valence-electron chi connectivity index (χ4n) is 3.20. The number of alkyl halides is 5. The van der Waals surface area contributed by atoms with Gasteiger partial charge in [0.2, 0.25) is 5.95 Å². The van der Waals surface area contributed by atoms with Gasteiger partial charge in [0.1, 0.15) is 11.5 Å². The molecule has 6 nitrogen and oxygen atoms in total. The fraction of sp³-hybridized carbons (Fsp3) is 0.368. The predicted octanol–water partition coefficient (Wildman–Crippen LogP) is 4.61. The Morgan fingerprint density at radius 2 is 1.80 bits per heavy atom. The van der Waals surface area contributed by atoms with Gasteiger partial charge >= 0.3 is 6.18 Å². The van der Waals surface area contributed by atoms with Crippen LogP contribution in [-0.4, -0.2) is 36.7 Å². The summed E-state index contributed by atoms with van der Waals surface area (Å²) in [5.74, 6) is 0.575. The number of halogens is 5. The second-order valence-electron chi connectivity index (χ2n) is 7.17. The molecule has 11 heteroatoms. The molecule has 30 heavy (non-hydrogen) atoms. The SMILES string of the molecule is CC(F)(I)C1CN(c2nc(NCc3cccnc3C(F)(F)F)c3cccnc3n2)C1. The Morgan fingerprint density at radius 1 is 1.10 bits per heavy atom. The van der Waals surface area contributed by atoms with Crippen LogP contribution in [0.2, 0.25) is 0 Å². The van der Waals surface area contributed by atoms with Crippen LogP contribution >= 0.6 is 22.6 Å².